The number of aromatic nitrogens is 2. The molecule has 2 aliphatic rings. The van der Waals surface area contributed by atoms with Crippen LogP contribution in [0.1, 0.15) is 29.7 Å². The first-order valence-electron chi connectivity index (χ1n) is 8.81. The Morgan fingerprint density at radius 2 is 2.07 bits per heavy atom. The Balaban J connectivity index is 1.58. The Labute approximate surface area is 164 Å². The minimum absolute atomic E-state index is 0.0988. The first-order chi connectivity index (χ1) is 13.3. The number of rotatable bonds is 5. The smallest absolute Gasteiger partial charge is 0.394 e. The van der Waals surface area contributed by atoms with Gasteiger partial charge in [0, 0.05) is 23.0 Å². The van der Waals surface area contributed by atoms with E-state index in [9.17, 15) is 18.3 Å². The lowest BCUT2D eigenvalue weighted by Crippen LogP contribution is -2.34. The topological polar surface area (TPSA) is 61.3 Å². The van der Waals surface area contributed by atoms with Crippen molar-refractivity contribution in [1.29, 1.82) is 0 Å². The number of thioether (sulfide) groups is 1. The van der Waals surface area contributed by atoms with E-state index in [1.807, 2.05) is 25.1 Å². The van der Waals surface area contributed by atoms with Crippen molar-refractivity contribution in [3.8, 4) is 0 Å². The van der Waals surface area contributed by atoms with Gasteiger partial charge in [-0.25, -0.2) is 9.97 Å². The van der Waals surface area contributed by atoms with Crippen molar-refractivity contribution < 1.29 is 18.3 Å². The summed E-state index contributed by atoms with van der Waals surface area (Å²) >= 11 is 1.68. The van der Waals surface area contributed by atoms with Crippen molar-refractivity contribution in [2.75, 3.05) is 17.8 Å². The molecule has 1 aromatic heterocycles. The van der Waals surface area contributed by atoms with E-state index in [0.717, 1.165) is 47.0 Å². The Bertz CT molecular complexity index is 928. The van der Waals surface area contributed by atoms with Gasteiger partial charge in [0.05, 0.1) is 18.0 Å². The Morgan fingerprint density at radius 1 is 1.29 bits per heavy atom. The fourth-order valence-electron chi connectivity index (χ4n) is 3.17. The average Bonchev–Trinajstić information content (AvgIpc) is 3.28. The molecule has 2 aromatic rings. The van der Waals surface area contributed by atoms with Crippen LogP contribution in [0, 0.1) is 6.92 Å². The van der Waals surface area contributed by atoms with Gasteiger partial charge in [-0.3, -0.25) is 0 Å². The molecule has 0 saturated heterocycles. The molecule has 0 spiro atoms. The second-order valence-corrected chi connectivity index (χ2v) is 8.08. The maximum Gasteiger partial charge on any atom is 0.433 e. The predicted molar refractivity (Wildman–Crippen MR) is 103 cm³/mol. The summed E-state index contributed by atoms with van der Waals surface area (Å²) in [4.78, 5) is 10.7. The Hall–Kier alpha value is -2.26. The molecule has 148 valence electrons. The molecule has 0 amide bonds. The average molecular weight is 408 g/mol. The third-order valence-electron chi connectivity index (χ3n) is 4.93. The quantitative estimate of drug-likeness (QED) is 0.766. The molecular formula is C19H19F3N4OS. The summed E-state index contributed by atoms with van der Waals surface area (Å²) < 4.78 is 38.6. The standard InChI is InChI=1S/C19H19F3N4OS/c1-12-6-13(15-9-26(11-28-15)18(10-27)3-4-18)8-14(7-12)24-17-23-5-2-16(25-17)19(20,21)22/h2,5-9,27H,3-4,10-11H2,1H3,(H,23,24,25). The molecule has 1 aliphatic heterocycles. The third kappa shape index (κ3) is 3.81. The lowest BCUT2D eigenvalue weighted by molar-refractivity contribution is -0.141. The number of hydrogen-bond donors (Lipinski definition) is 2. The van der Waals surface area contributed by atoms with Crippen molar-refractivity contribution in [1.82, 2.24) is 14.9 Å². The monoisotopic (exact) mass is 408 g/mol. The van der Waals surface area contributed by atoms with E-state index in [4.69, 9.17) is 0 Å². The Kier molecular flexibility index (Phi) is 4.75. The van der Waals surface area contributed by atoms with Gasteiger partial charge in [-0.15, -0.1) is 11.8 Å². The van der Waals surface area contributed by atoms with Crippen LogP contribution in [0.5, 0.6) is 0 Å². The molecule has 28 heavy (non-hydrogen) atoms. The molecule has 1 aliphatic carbocycles. The Morgan fingerprint density at radius 3 is 2.75 bits per heavy atom. The molecule has 1 aromatic carbocycles. The van der Waals surface area contributed by atoms with Gasteiger partial charge in [0.15, 0.2) is 0 Å². The highest BCUT2D eigenvalue weighted by molar-refractivity contribution is 8.08. The SMILES string of the molecule is Cc1cc(Nc2nccc(C(F)(F)F)n2)cc(C2=CN(C3(CO)CC3)CS2)c1. The maximum absolute atomic E-state index is 12.9. The molecule has 0 radical (unpaired) electrons. The van der Waals surface area contributed by atoms with Crippen molar-refractivity contribution in [2.45, 2.75) is 31.5 Å². The highest BCUT2D eigenvalue weighted by atomic mass is 32.2. The summed E-state index contributed by atoms with van der Waals surface area (Å²) in [5.74, 6) is 0.682. The largest absolute Gasteiger partial charge is 0.433 e. The summed E-state index contributed by atoms with van der Waals surface area (Å²) in [6, 6.07) is 6.58. The van der Waals surface area contributed by atoms with Gasteiger partial charge in [0.1, 0.15) is 5.69 Å². The predicted octanol–water partition coefficient (Wildman–Crippen LogP) is 4.38. The van der Waals surface area contributed by atoms with Gasteiger partial charge in [0.25, 0.3) is 0 Å². The fourth-order valence-corrected chi connectivity index (χ4v) is 4.28. The molecule has 2 N–H and O–H groups in total. The summed E-state index contributed by atoms with van der Waals surface area (Å²) in [6.45, 7) is 2.07. The van der Waals surface area contributed by atoms with Crippen molar-refractivity contribution in [2.24, 2.45) is 0 Å². The summed E-state index contributed by atoms with van der Waals surface area (Å²) in [6.07, 6.45) is 0.610. The van der Waals surface area contributed by atoms with Crippen molar-refractivity contribution in [3.63, 3.8) is 0 Å². The van der Waals surface area contributed by atoms with Gasteiger partial charge in [-0.2, -0.15) is 13.2 Å². The normalized spacial score (nSPS) is 18.2. The van der Waals surface area contributed by atoms with Gasteiger partial charge in [0.2, 0.25) is 5.95 Å². The highest BCUT2D eigenvalue weighted by Gasteiger charge is 2.47. The number of aryl methyl sites for hydroxylation is 1. The molecule has 9 heteroatoms. The number of halogens is 3. The number of alkyl halides is 3. The molecule has 0 unspecified atom stereocenters. The summed E-state index contributed by atoms with van der Waals surface area (Å²) in [5, 5.41) is 12.5. The molecule has 2 heterocycles. The lowest BCUT2D eigenvalue weighted by Gasteiger charge is -2.24. The van der Waals surface area contributed by atoms with Crippen LogP contribution in [-0.2, 0) is 6.18 Å². The van der Waals surface area contributed by atoms with Gasteiger partial charge >= 0.3 is 6.18 Å². The van der Waals surface area contributed by atoms with E-state index in [1.165, 1.54) is 0 Å². The summed E-state index contributed by atoms with van der Waals surface area (Å²) in [5.41, 5.74) is 1.45. The number of anilines is 2. The minimum Gasteiger partial charge on any atom is -0.394 e. The minimum atomic E-state index is -4.52. The maximum atomic E-state index is 12.9. The van der Waals surface area contributed by atoms with E-state index in [0.29, 0.717) is 5.69 Å². The number of nitrogens with zero attached hydrogens (tertiary/aromatic N) is 3. The van der Waals surface area contributed by atoms with Crippen LogP contribution in [0.25, 0.3) is 4.91 Å². The zero-order chi connectivity index (χ0) is 19.9. The van der Waals surface area contributed by atoms with Crippen LogP contribution in [0.15, 0.2) is 36.7 Å². The molecule has 1 saturated carbocycles. The van der Waals surface area contributed by atoms with Crippen LogP contribution in [0.4, 0.5) is 24.8 Å². The summed E-state index contributed by atoms with van der Waals surface area (Å²) in [7, 11) is 0. The van der Waals surface area contributed by atoms with E-state index in [1.54, 1.807) is 11.8 Å². The third-order valence-corrected chi connectivity index (χ3v) is 5.99. The van der Waals surface area contributed by atoms with Crippen molar-refractivity contribution in [3.05, 3.63) is 53.5 Å². The first-order valence-corrected chi connectivity index (χ1v) is 9.79. The van der Waals surface area contributed by atoms with Gasteiger partial charge in [-0.05, 0) is 49.1 Å². The van der Waals surface area contributed by atoms with Crippen molar-refractivity contribution >= 4 is 28.3 Å². The lowest BCUT2D eigenvalue weighted by atomic mass is 10.1. The molecule has 5 nitrogen and oxygen atoms in total. The van der Waals surface area contributed by atoms with Crippen LogP contribution in [0.2, 0.25) is 0 Å². The fraction of sp³-hybridized carbons (Fsp3) is 0.368. The zero-order valence-electron chi connectivity index (χ0n) is 15.1. The molecule has 0 atom stereocenters. The molecular weight excluding hydrogens is 389 g/mol. The number of benzene rings is 1. The molecule has 0 bridgehead atoms. The van der Waals surface area contributed by atoms with Gasteiger partial charge < -0.3 is 15.3 Å². The van der Waals surface area contributed by atoms with Crippen LogP contribution in [0.3, 0.4) is 0 Å². The van der Waals surface area contributed by atoms with E-state index in [2.05, 4.69) is 26.4 Å². The zero-order valence-corrected chi connectivity index (χ0v) is 15.9. The van der Waals surface area contributed by atoms with Crippen LogP contribution < -0.4 is 5.32 Å². The highest BCUT2D eigenvalue weighted by Crippen LogP contribution is 2.48. The first kappa shape index (κ1) is 19.1. The number of hydrogen-bond acceptors (Lipinski definition) is 6. The van der Waals surface area contributed by atoms with Crippen LogP contribution >= 0.6 is 11.8 Å². The second-order valence-electron chi connectivity index (χ2n) is 7.09. The van der Waals surface area contributed by atoms with Crippen LogP contribution in [-0.4, -0.2) is 38.0 Å². The van der Waals surface area contributed by atoms with Gasteiger partial charge in [-0.1, -0.05) is 6.07 Å². The van der Waals surface area contributed by atoms with E-state index >= 15 is 0 Å². The number of nitrogens with one attached hydrogen (secondary N) is 1. The van der Waals surface area contributed by atoms with E-state index in [-0.39, 0.29) is 18.1 Å². The molecule has 1 fully saturated rings. The second kappa shape index (κ2) is 6.97. The number of aliphatic hydroxyl groups excluding tert-OH is 1. The molecule has 4 rings (SSSR count). The van der Waals surface area contributed by atoms with E-state index < -0.39 is 11.9 Å². The number of aliphatic hydroxyl groups is 1.